The Morgan fingerprint density at radius 2 is 2.00 bits per heavy atom. The van der Waals surface area contributed by atoms with Crippen LogP contribution < -0.4 is 10.2 Å². The average molecular weight is 456 g/mol. The number of hydrogen-bond acceptors (Lipinski definition) is 9. The van der Waals surface area contributed by atoms with E-state index in [0.717, 1.165) is 12.1 Å². The predicted molar refractivity (Wildman–Crippen MR) is 116 cm³/mol. The number of hydrogen-bond donors (Lipinski definition) is 1. The summed E-state index contributed by atoms with van der Waals surface area (Å²) in [5, 5.41) is 7.46. The van der Waals surface area contributed by atoms with Crippen LogP contribution in [0.4, 0.5) is 10.9 Å². The van der Waals surface area contributed by atoms with Gasteiger partial charge in [-0.2, -0.15) is 5.10 Å². The summed E-state index contributed by atoms with van der Waals surface area (Å²) in [6.45, 7) is 1.06. The number of amides is 1. The van der Waals surface area contributed by atoms with E-state index in [1.54, 1.807) is 29.2 Å². The van der Waals surface area contributed by atoms with Gasteiger partial charge in [0.15, 0.2) is 20.8 Å². The summed E-state index contributed by atoms with van der Waals surface area (Å²) in [5.41, 5.74) is 0.648. The SMILES string of the molecule is CS(=O)(=O)c1ccc2nc(NC(=O)C3CN(c4cc(-n5cccn5)ncn4)C3)sc2c1. The maximum atomic E-state index is 12.6. The van der Waals surface area contributed by atoms with Crippen molar-refractivity contribution in [3.63, 3.8) is 0 Å². The Morgan fingerprint density at radius 1 is 1.19 bits per heavy atom. The first kappa shape index (κ1) is 19.6. The van der Waals surface area contributed by atoms with Gasteiger partial charge in [0.2, 0.25) is 5.91 Å². The highest BCUT2D eigenvalue weighted by Crippen LogP contribution is 2.30. The van der Waals surface area contributed by atoms with Gasteiger partial charge < -0.3 is 10.2 Å². The monoisotopic (exact) mass is 455 g/mol. The van der Waals surface area contributed by atoms with Crippen molar-refractivity contribution in [1.82, 2.24) is 24.7 Å². The zero-order valence-corrected chi connectivity index (χ0v) is 18.0. The van der Waals surface area contributed by atoms with Crippen LogP contribution in [-0.4, -0.2) is 58.4 Å². The number of carbonyl (C=O) groups is 1. The van der Waals surface area contributed by atoms with E-state index in [9.17, 15) is 13.2 Å². The lowest BCUT2D eigenvalue weighted by molar-refractivity contribution is -0.120. The molecule has 31 heavy (non-hydrogen) atoms. The molecule has 1 aliphatic rings. The minimum Gasteiger partial charge on any atom is -0.355 e. The predicted octanol–water partition coefficient (Wildman–Crippen LogP) is 1.75. The molecule has 1 fully saturated rings. The number of carbonyl (C=O) groups excluding carboxylic acids is 1. The van der Waals surface area contributed by atoms with Crippen molar-refractivity contribution in [1.29, 1.82) is 0 Å². The lowest BCUT2D eigenvalue weighted by atomic mass is 9.99. The van der Waals surface area contributed by atoms with Gasteiger partial charge >= 0.3 is 0 Å². The Bertz CT molecular complexity index is 1380. The highest BCUT2D eigenvalue weighted by atomic mass is 32.2. The number of nitrogens with one attached hydrogen (secondary N) is 1. The highest BCUT2D eigenvalue weighted by Gasteiger charge is 2.34. The fourth-order valence-electron chi connectivity index (χ4n) is 3.27. The summed E-state index contributed by atoms with van der Waals surface area (Å²) in [7, 11) is -3.30. The summed E-state index contributed by atoms with van der Waals surface area (Å²) in [4.78, 5) is 27.7. The first-order valence-electron chi connectivity index (χ1n) is 9.35. The van der Waals surface area contributed by atoms with Crippen LogP contribution in [0.5, 0.6) is 0 Å². The Labute approximate surface area is 181 Å². The van der Waals surface area contributed by atoms with Crippen molar-refractivity contribution < 1.29 is 13.2 Å². The van der Waals surface area contributed by atoms with Crippen molar-refractivity contribution in [2.45, 2.75) is 4.90 Å². The number of sulfone groups is 1. The van der Waals surface area contributed by atoms with Crippen molar-refractivity contribution >= 4 is 48.2 Å². The van der Waals surface area contributed by atoms with Gasteiger partial charge in [0.1, 0.15) is 12.1 Å². The van der Waals surface area contributed by atoms with Crippen LogP contribution in [0.3, 0.4) is 0 Å². The van der Waals surface area contributed by atoms with Crippen molar-refractivity contribution in [3.8, 4) is 5.82 Å². The minimum absolute atomic E-state index is 0.125. The minimum atomic E-state index is -3.30. The number of fused-ring (bicyclic) bond motifs is 1. The molecule has 1 N–H and O–H groups in total. The number of nitrogens with zero attached hydrogens (tertiary/aromatic N) is 6. The fraction of sp³-hybridized carbons (Fsp3) is 0.211. The molecule has 12 heteroatoms. The van der Waals surface area contributed by atoms with E-state index >= 15 is 0 Å². The second kappa shape index (κ2) is 7.39. The normalized spacial score (nSPS) is 14.5. The van der Waals surface area contributed by atoms with Crippen LogP contribution in [0.25, 0.3) is 16.0 Å². The molecular formula is C19H17N7O3S2. The second-order valence-corrected chi connectivity index (χ2v) is 10.2. The third kappa shape index (κ3) is 3.86. The van der Waals surface area contributed by atoms with Gasteiger partial charge in [-0.15, -0.1) is 0 Å². The average Bonchev–Trinajstić information content (AvgIpc) is 3.35. The first-order chi connectivity index (χ1) is 14.9. The van der Waals surface area contributed by atoms with E-state index in [1.807, 2.05) is 17.0 Å². The van der Waals surface area contributed by atoms with Gasteiger partial charge in [-0.25, -0.2) is 28.1 Å². The van der Waals surface area contributed by atoms with Gasteiger partial charge in [-0.1, -0.05) is 11.3 Å². The number of anilines is 2. The number of benzene rings is 1. The van der Waals surface area contributed by atoms with Gasteiger partial charge in [0.25, 0.3) is 0 Å². The van der Waals surface area contributed by atoms with Gasteiger partial charge in [-0.05, 0) is 24.3 Å². The van der Waals surface area contributed by atoms with Crippen LogP contribution >= 0.6 is 11.3 Å². The van der Waals surface area contributed by atoms with Gasteiger partial charge in [-0.3, -0.25) is 4.79 Å². The molecule has 0 atom stereocenters. The molecule has 1 amide bonds. The van der Waals surface area contributed by atoms with Crippen LogP contribution in [0.15, 0.2) is 53.9 Å². The highest BCUT2D eigenvalue weighted by molar-refractivity contribution is 7.90. The van der Waals surface area contributed by atoms with E-state index in [4.69, 9.17) is 0 Å². The summed E-state index contributed by atoms with van der Waals surface area (Å²) in [6, 6.07) is 8.39. The molecule has 0 spiro atoms. The second-order valence-electron chi connectivity index (χ2n) is 7.20. The van der Waals surface area contributed by atoms with E-state index in [-0.39, 0.29) is 16.7 Å². The third-order valence-corrected chi connectivity index (χ3v) is 7.02. The lowest BCUT2D eigenvalue weighted by Crippen LogP contribution is -2.52. The molecule has 5 rings (SSSR count). The molecule has 0 unspecified atom stereocenters. The van der Waals surface area contributed by atoms with E-state index in [1.165, 1.54) is 23.7 Å². The van der Waals surface area contributed by atoms with Gasteiger partial charge in [0, 0.05) is 37.8 Å². The molecule has 0 bridgehead atoms. The maximum absolute atomic E-state index is 12.6. The Kier molecular flexibility index (Phi) is 4.67. The largest absolute Gasteiger partial charge is 0.355 e. The smallest absolute Gasteiger partial charge is 0.232 e. The number of aromatic nitrogens is 5. The molecule has 0 radical (unpaired) electrons. The zero-order valence-electron chi connectivity index (χ0n) is 16.3. The zero-order chi connectivity index (χ0) is 21.6. The van der Waals surface area contributed by atoms with Gasteiger partial charge in [0.05, 0.1) is 21.0 Å². The Balaban J connectivity index is 1.24. The topological polar surface area (TPSA) is 123 Å². The van der Waals surface area contributed by atoms with Crippen molar-refractivity contribution in [3.05, 3.63) is 49.1 Å². The number of thiazole rings is 1. The Hall–Kier alpha value is -3.38. The summed E-state index contributed by atoms with van der Waals surface area (Å²) in [6.07, 6.45) is 6.12. The molecule has 4 aromatic rings. The summed E-state index contributed by atoms with van der Waals surface area (Å²) in [5.74, 6) is 1.07. The molecule has 1 aliphatic heterocycles. The van der Waals surface area contributed by atoms with E-state index in [0.29, 0.717) is 34.3 Å². The molecule has 0 saturated carbocycles. The molecule has 1 aromatic carbocycles. The molecule has 1 saturated heterocycles. The quantitative estimate of drug-likeness (QED) is 0.483. The molecule has 0 aliphatic carbocycles. The van der Waals surface area contributed by atoms with Crippen LogP contribution in [-0.2, 0) is 14.6 Å². The lowest BCUT2D eigenvalue weighted by Gasteiger charge is -2.38. The fourth-order valence-corrected chi connectivity index (χ4v) is 4.90. The molecule has 3 aromatic heterocycles. The molecular weight excluding hydrogens is 438 g/mol. The van der Waals surface area contributed by atoms with Crippen LogP contribution in [0.1, 0.15) is 0 Å². The van der Waals surface area contributed by atoms with E-state index < -0.39 is 9.84 Å². The summed E-state index contributed by atoms with van der Waals surface area (Å²) >= 11 is 1.25. The van der Waals surface area contributed by atoms with Crippen LogP contribution in [0.2, 0.25) is 0 Å². The number of rotatable bonds is 5. The summed E-state index contributed by atoms with van der Waals surface area (Å²) < 4.78 is 25.8. The molecule has 10 nitrogen and oxygen atoms in total. The van der Waals surface area contributed by atoms with E-state index in [2.05, 4.69) is 25.4 Å². The van der Waals surface area contributed by atoms with Crippen molar-refractivity contribution in [2.75, 3.05) is 29.6 Å². The maximum Gasteiger partial charge on any atom is 0.232 e. The standard InChI is InChI=1S/C19H17N7O3S2/c1-31(28,29)13-3-4-14-15(7-13)30-19(23-14)24-18(27)12-9-25(10-12)16-8-17(21-11-20-16)26-6-2-5-22-26/h2-8,11-12H,9-10H2,1H3,(H,23,24,27). The Morgan fingerprint density at radius 3 is 2.74 bits per heavy atom. The first-order valence-corrected chi connectivity index (χ1v) is 12.1. The van der Waals surface area contributed by atoms with Crippen LogP contribution in [0, 0.1) is 5.92 Å². The molecule has 4 heterocycles. The third-order valence-electron chi connectivity index (χ3n) is 4.97. The van der Waals surface area contributed by atoms with Crippen molar-refractivity contribution in [2.24, 2.45) is 5.92 Å². The molecule has 158 valence electrons.